The molecule has 0 amide bonds. The molecule has 138 valence electrons. The summed E-state index contributed by atoms with van der Waals surface area (Å²) >= 11 is 0. The molecule has 0 aliphatic carbocycles. The fourth-order valence-electron chi connectivity index (χ4n) is 2.62. The summed E-state index contributed by atoms with van der Waals surface area (Å²) in [4.78, 5) is 0.108. The molecule has 0 atom stereocenters. The second-order valence-corrected chi connectivity index (χ2v) is 7.53. The molecule has 27 heavy (non-hydrogen) atoms. The number of fused-ring (bicyclic) bond motifs is 1. The third-order valence-electron chi connectivity index (χ3n) is 3.91. The summed E-state index contributed by atoms with van der Waals surface area (Å²) in [6.45, 7) is 0.849. The summed E-state index contributed by atoms with van der Waals surface area (Å²) in [5, 5.41) is 0. The molecule has 7 heteroatoms. The van der Waals surface area contributed by atoms with Crippen molar-refractivity contribution in [2.45, 2.75) is 4.90 Å². The predicted molar refractivity (Wildman–Crippen MR) is 101 cm³/mol. The standard InChI is InChI=1S/C20H17NO5S/c22-27(23,18-10-11-19-20(14-18)25-13-12-24-19)21-15-6-8-17(9-7-15)26-16-4-2-1-3-5-16/h1-11,14,21H,12-13H2. The van der Waals surface area contributed by atoms with Crippen LogP contribution in [0.1, 0.15) is 0 Å². The number of rotatable bonds is 5. The molecule has 0 radical (unpaired) electrons. The van der Waals surface area contributed by atoms with E-state index in [1.54, 1.807) is 30.3 Å². The van der Waals surface area contributed by atoms with Crippen LogP contribution in [0.2, 0.25) is 0 Å². The topological polar surface area (TPSA) is 73.9 Å². The largest absolute Gasteiger partial charge is 0.486 e. The first-order valence-corrected chi connectivity index (χ1v) is 9.84. The van der Waals surface area contributed by atoms with Crippen molar-refractivity contribution in [2.75, 3.05) is 17.9 Å². The van der Waals surface area contributed by atoms with Crippen molar-refractivity contribution in [3.8, 4) is 23.0 Å². The summed E-state index contributed by atoms with van der Waals surface area (Å²) in [7, 11) is -3.74. The van der Waals surface area contributed by atoms with Gasteiger partial charge < -0.3 is 14.2 Å². The van der Waals surface area contributed by atoms with E-state index < -0.39 is 10.0 Å². The molecule has 4 rings (SSSR count). The molecule has 1 aliphatic rings. The minimum absolute atomic E-state index is 0.108. The van der Waals surface area contributed by atoms with Crippen molar-refractivity contribution >= 4 is 15.7 Å². The van der Waals surface area contributed by atoms with Gasteiger partial charge in [-0.05, 0) is 48.5 Å². The molecular weight excluding hydrogens is 366 g/mol. The van der Waals surface area contributed by atoms with Gasteiger partial charge in [0.1, 0.15) is 24.7 Å². The zero-order chi connectivity index (χ0) is 18.7. The third-order valence-corrected chi connectivity index (χ3v) is 5.29. The molecule has 0 aromatic heterocycles. The van der Waals surface area contributed by atoms with Gasteiger partial charge in [0.2, 0.25) is 0 Å². The van der Waals surface area contributed by atoms with Gasteiger partial charge in [0.25, 0.3) is 10.0 Å². The summed E-state index contributed by atoms with van der Waals surface area (Å²) in [6, 6.07) is 20.6. The Labute approximate surface area is 157 Å². The van der Waals surface area contributed by atoms with Crippen LogP contribution >= 0.6 is 0 Å². The Morgan fingerprint density at radius 1 is 0.778 bits per heavy atom. The second-order valence-electron chi connectivity index (χ2n) is 5.85. The highest BCUT2D eigenvalue weighted by Crippen LogP contribution is 2.33. The van der Waals surface area contributed by atoms with Crippen molar-refractivity contribution in [1.29, 1.82) is 0 Å². The van der Waals surface area contributed by atoms with Crippen molar-refractivity contribution in [3.05, 3.63) is 72.8 Å². The average molecular weight is 383 g/mol. The lowest BCUT2D eigenvalue weighted by Gasteiger charge is -2.19. The second kappa shape index (κ2) is 7.20. The fraction of sp³-hybridized carbons (Fsp3) is 0.100. The molecule has 3 aromatic rings. The predicted octanol–water partition coefficient (Wildman–Crippen LogP) is 4.05. The summed E-state index contributed by atoms with van der Waals surface area (Å²) in [5.74, 6) is 2.30. The Bertz CT molecular complexity index is 1030. The van der Waals surface area contributed by atoms with Gasteiger partial charge in [0.15, 0.2) is 11.5 Å². The van der Waals surface area contributed by atoms with Gasteiger partial charge in [-0.1, -0.05) is 18.2 Å². The highest BCUT2D eigenvalue weighted by Gasteiger charge is 2.19. The highest BCUT2D eigenvalue weighted by molar-refractivity contribution is 7.92. The number of sulfonamides is 1. The van der Waals surface area contributed by atoms with E-state index in [1.165, 1.54) is 12.1 Å². The van der Waals surface area contributed by atoms with E-state index in [0.29, 0.717) is 41.9 Å². The molecule has 0 unspecified atom stereocenters. The first-order valence-electron chi connectivity index (χ1n) is 8.36. The smallest absolute Gasteiger partial charge is 0.262 e. The van der Waals surface area contributed by atoms with Gasteiger partial charge >= 0.3 is 0 Å². The van der Waals surface area contributed by atoms with Crippen LogP contribution in [-0.4, -0.2) is 21.6 Å². The molecule has 1 N–H and O–H groups in total. The van der Waals surface area contributed by atoms with Crippen molar-refractivity contribution in [1.82, 2.24) is 0 Å². The monoisotopic (exact) mass is 383 g/mol. The average Bonchev–Trinajstić information content (AvgIpc) is 2.70. The van der Waals surface area contributed by atoms with Crippen LogP contribution in [0.25, 0.3) is 0 Å². The molecule has 0 saturated carbocycles. The van der Waals surface area contributed by atoms with E-state index in [1.807, 2.05) is 30.3 Å². The van der Waals surface area contributed by atoms with Crippen LogP contribution in [0.15, 0.2) is 77.7 Å². The zero-order valence-electron chi connectivity index (χ0n) is 14.3. The summed E-state index contributed by atoms with van der Waals surface area (Å²) < 4.78 is 44.4. The lowest BCUT2D eigenvalue weighted by molar-refractivity contribution is 0.171. The Balaban J connectivity index is 1.49. The number of ether oxygens (including phenoxy) is 3. The SMILES string of the molecule is O=S(=O)(Nc1ccc(Oc2ccccc2)cc1)c1ccc2c(c1)OCCO2. The number of para-hydroxylation sites is 1. The van der Waals surface area contributed by atoms with E-state index in [2.05, 4.69) is 4.72 Å². The quantitative estimate of drug-likeness (QED) is 0.719. The fourth-order valence-corrected chi connectivity index (χ4v) is 3.69. The van der Waals surface area contributed by atoms with Crippen LogP contribution in [0, 0.1) is 0 Å². The van der Waals surface area contributed by atoms with Crippen molar-refractivity contribution in [2.24, 2.45) is 0 Å². The minimum Gasteiger partial charge on any atom is -0.486 e. The van der Waals surface area contributed by atoms with Gasteiger partial charge in [-0.25, -0.2) is 8.42 Å². The molecule has 0 fully saturated rings. The number of hydrogen-bond acceptors (Lipinski definition) is 5. The van der Waals surface area contributed by atoms with E-state index in [-0.39, 0.29) is 4.90 Å². The molecule has 1 aliphatic heterocycles. The lowest BCUT2D eigenvalue weighted by Crippen LogP contribution is -2.17. The van der Waals surface area contributed by atoms with Gasteiger partial charge in [0.05, 0.1) is 4.90 Å². The van der Waals surface area contributed by atoms with Crippen LogP contribution in [-0.2, 0) is 10.0 Å². The zero-order valence-corrected chi connectivity index (χ0v) is 15.1. The summed E-state index contributed by atoms with van der Waals surface area (Å²) in [6.07, 6.45) is 0. The lowest BCUT2D eigenvalue weighted by atomic mass is 10.3. The van der Waals surface area contributed by atoms with Crippen LogP contribution in [0.5, 0.6) is 23.0 Å². The first-order chi connectivity index (χ1) is 13.1. The van der Waals surface area contributed by atoms with Crippen molar-refractivity contribution < 1.29 is 22.6 Å². The maximum absolute atomic E-state index is 12.6. The minimum atomic E-state index is -3.74. The van der Waals surface area contributed by atoms with Gasteiger partial charge in [-0.15, -0.1) is 0 Å². The number of anilines is 1. The molecule has 0 bridgehead atoms. The highest BCUT2D eigenvalue weighted by atomic mass is 32.2. The molecule has 6 nitrogen and oxygen atoms in total. The van der Waals surface area contributed by atoms with Crippen LogP contribution in [0.4, 0.5) is 5.69 Å². The third kappa shape index (κ3) is 3.98. The van der Waals surface area contributed by atoms with Gasteiger partial charge in [-0.3, -0.25) is 4.72 Å². The summed E-state index contributed by atoms with van der Waals surface area (Å²) in [5.41, 5.74) is 0.435. The molecule has 0 saturated heterocycles. The molecular formula is C20H17NO5S. The first kappa shape index (κ1) is 17.2. The molecule has 1 heterocycles. The van der Waals surface area contributed by atoms with E-state index in [0.717, 1.165) is 0 Å². The Kier molecular flexibility index (Phi) is 4.60. The van der Waals surface area contributed by atoms with Crippen LogP contribution in [0.3, 0.4) is 0 Å². The number of benzene rings is 3. The normalized spacial score (nSPS) is 13.0. The van der Waals surface area contributed by atoms with E-state index in [9.17, 15) is 8.42 Å². The van der Waals surface area contributed by atoms with Crippen molar-refractivity contribution in [3.63, 3.8) is 0 Å². The molecule has 0 spiro atoms. The maximum Gasteiger partial charge on any atom is 0.262 e. The molecule has 3 aromatic carbocycles. The number of hydrogen-bond donors (Lipinski definition) is 1. The van der Waals surface area contributed by atoms with Crippen LogP contribution < -0.4 is 18.9 Å². The van der Waals surface area contributed by atoms with Gasteiger partial charge in [-0.2, -0.15) is 0 Å². The van der Waals surface area contributed by atoms with E-state index >= 15 is 0 Å². The maximum atomic E-state index is 12.6. The van der Waals surface area contributed by atoms with E-state index in [4.69, 9.17) is 14.2 Å². The Hall–Kier alpha value is -3.19. The van der Waals surface area contributed by atoms with Gasteiger partial charge in [0, 0.05) is 11.8 Å². The Morgan fingerprint density at radius 2 is 1.44 bits per heavy atom. The Morgan fingerprint density at radius 3 is 2.19 bits per heavy atom. The number of nitrogens with one attached hydrogen (secondary N) is 1.